The first kappa shape index (κ1) is 11.9. The number of rotatable bonds is 3. The standard InChI is InChI=1S/C13H14N4O2/c1-16-8-14-15-12(16)7-17-5-10-3-2-9(13(18)19)4-11(10)6-17/h2-4,8H,5-7H2,1H3,(H,18,19). The number of carbonyl (C=O) groups is 1. The second-order valence-electron chi connectivity index (χ2n) is 4.79. The maximum Gasteiger partial charge on any atom is 0.335 e. The number of aromatic carboxylic acids is 1. The monoisotopic (exact) mass is 258 g/mol. The van der Waals surface area contributed by atoms with Crippen molar-refractivity contribution in [3.63, 3.8) is 0 Å². The average Bonchev–Trinajstić information content (AvgIpc) is 2.95. The van der Waals surface area contributed by atoms with Gasteiger partial charge < -0.3 is 9.67 Å². The molecular formula is C13H14N4O2. The van der Waals surface area contributed by atoms with Gasteiger partial charge in [0.25, 0.3) is 0 Å². The summed E-state index contributed by atoms with van der Waals surface area (Å²) in [7, 11) is 1.92. The van der Waals surface area contributed by atoms with Crippen LogP contribution in [0.5, 0.6) is 0 Å². The van der Waals surface area contributed by atoms with Gasteiger partial charge >= 0.3 is 5.97 Å². The molecule has 0 atom stereocenters. The summed E-state index contributed by atoms with van der Waals surface area (Å²) in [5.74, 6) is 0.0285. The Balaban J connectivity index is 1.77. The van der Waals surface area contributed by atoms with Gasteiger partial charge in [0, 0.05) is 20.1 Å². The van der Waals surface area contributed by atoms with Gasteiger partial charge in [0.05, 0.1) is 12.1 Å². The van der Waals surface area contributed by atoms with Gasteiger partial charge in [-0.2, -0.15) is 0 Å². The molecule has 1 aromatic heterocycles. The molecule has 0 bridgehead atoms. The Morgan fingerprint density at radius 3 is 2.84 bits per heavy atom. The van der Waals surface area contributed by atoms with Crippen LogP contribution in [-0.2, 0) is 26.7 Å². The number of aryl methyl sites for hydroxylation is 1. The molecule has 0 amide bonds. The summed E-state index contributed by atoms with van der Waals surface area (Å²) >= 11 is 0. The van der Waals surface area contributed by atoms with Crippen molar-refractivity contribution in [3.05, 3.63) is 47.0 Å². The van der Waals surface area contributed by atoms with E-state index in [0.29, 0.717) is 12.1 Å². The Morgan fingerprint density at radius 2 is 2.16 bits per heavy atom. The fourth-order valence-electron chi connectivity index (χ4n) is 2.36. The molecule has 1 N–H and O–H groups in total. The van der Waals surface area contributed by atoms with Crippen molar-refractivity contribution >= 4 is 5.97 Å². The average molecular weight is 258 g/mol. The largest absolute Gasteiger partial charge is 0.478 e. The van der Waals surface area contributed by atoms with Crippen LogP contribution in [0, 0.1) is 0 Å². The molecule has 2 heterocycles. The van der Waals surface area contributed by atoms with Gasteiger partial charge in [-0.25, -0.2) is 4.79 Å². The van der Waals surface area contributed by atoms with Gasteiger partial charge in [-0.15, -0.1) is 10.2 Å². The third-order valence-corrected chi connectivity index (χ3v) is 3.41. The Morgan fingerprint density at radius 1 is 1.37 bits per heavy atom. The molecule has 0 radical (unpaired) electrons. The Bertz CT molecular complexity index is 635. The van der Waals surface area contributed by atoms with Crippen molar-refractivity contribution in [1.82, 2.24) is 19.7 Å². The molecule has 6 nitrogen and oxygen atoms in total. The zero-order valence-electron chi connectivity index (χ0n) is 10.6. The zero-order chi connectivity index (χ0) is 13.4. The highest BCUT2D eigenvalue weighted by atomic mass is 16.4. The summed E-state index contributed by atoms with van der Waals surface area (Å²) in [6, 6.07) is 5.32. The van der Waals surface area contributed by atoms with Gasteiger partial charge in [0.2, 0.25) is 0 Å². The van der Waals surface area contributed by atoms with Crippen LogP contribution in [0.3, 0.4) is 0 Å². The Kier molecular flexibility index (Phi) is 2.79. The topological polar surface area (TPSA) is 71.2 Å². The first-order valence-electron chi connectivity index (χ1n) is 6.04. The van der Waals surface area contributed by atoms with Crippen molar-refractivity contribution < 1.29 is 9.90 Å². The van der Waals surface area contributed by atoms with E-state index in [2.05, 4.69) is 15.1 Å². The van der Waals surface area contributed by atoms with Crippen LogP contribution in [0.2, 0.25) is 0 Å². The summed E-state index contributed by atoms with van der Waals surface area (Å²) in [4.78, 5) is 13.2. The number of hydrogen-bond acceptors (Lipinski definition) is 4. The van der Waals surface area contributed by atoms with E-state index >= 15 is 0 Å². The number of benzene rings is 1. The normalized spacial score (nSPS) is 14.6. The fourth-order valence-corrected chi connectivity index (χ4v) is 2.36. The minimum atomic E-state index is -0.880. The van der Waals surface area contributed by atoms with Crippen LogP contribution in [0.25, 0.3) is 0 Å². The van der Waals surface area contributed by atoms with E-state index in [1.54, 1.807) is 18.5 Å². The Labute approximate surface area is 110 Å². The van der Waals surface area contributed by atoms with Gasteiger partial charge in [-0.1, -0.05) is 6.07 Å². The van der Waals surface area contributed by atoms with Crippen LogP contribution in [0.4, 0.5) is 0 Å². The maximum atomic E-state index is 10.9. The van der Waals surface area contributed by atoms with E-state index in [1.165, 1.54) is 5.56 Å². The summed E-state index contributed by atoms with van der Waals surface area (Å²) in [5, 5.41) is 16.9. The number of nitrogens with zero attached hydrogens (tertiary/aromatic N) is 4. The summed E-state index contributed by atoms with van der Waals surface area (Å²) in [6.07, 6.45) is 1.68. The van der Waals surface area contributed by atoms with Crippen LogP contribution in [0.1, 0.15) is 27.3 Å². The molecule has 0 spiro atoms. The molecule has 0 aliphatic carbocycles. The van der Waals surface area contributed by atoms with E-state index in [0.717, 1.165) is 24.5 Å². The summed E-state index contributed by atoms with van der Waals surface area (Å²) < 4.78 is 1.89. The predicted octanol–water partition coefficient (Wildman–Crippen LogP) is 1.03. The number of carboxylic acid groups (broad SMARTS) is 1. The molecule has 1 aliphatic rings. The summed E-state index contributed by atoms with van der Waals surface area (Å²) in [5.41, 5.74) is 2.62. The summed E-state index contributed by atoms with van der Waals surface area (Å²) in [6.45, 7) is 2.29. The first-order valence-corrected chi connectivity index (χ1v) is 6.04. The lowest BCUT2D eigenvalue weighted by Gasteiger charge is -2.13. The molecule has 6 heteroatoms. The number of carboxylic acids is 1. The molecule has 98 valence electrons. The molecule has 1 aliphatic heterocycles. The van der Waals surface area contributed by atoms with E-state index in [4.69, 9.17) is 5.11 Å². The number of hydrogen-bond donors (Lipinski definition) is 1. The molecule has 0 saturated heterocycles. The smallest absolute Gasteiger partial charge is 0.335 e. The van der Waals surface area contributed by atoms with E-state index < -0.39 is 5.97 Å². The highest BCUT2D eigenvalue weighted by Crippen LogP contribution is 2.24. The molecule has 2 aromatic rings. The molecule has 0 saturated carbocycles. The number of aromatic nitrogens is 3. The predicted molar refractivity (Wildman–Crippen MR) is 67.4 cm³/mol. The van der Waals surface area contributed by atoms with Crippen LogP contribution in [0.15, 0.2) is 24.5 Å². The zero-order valence-corrected chi connectivity index (χ0v) is 10.6. The van der Waals surface area contributed by atoms with Crippen molar-refractivity contribution in [2.75, 3.05) is 0 Å². The molecule has 3 rings (SSSR count). The SMILES string of the molecule is Cn1cnnc1CN1Cc2ccc(C(=O)O)cc2C1. The fraction of sp³-hybridized carbons (Fsp3) is 0.308. The van der Waals surface area contributed by atoms with E-state index in [-0.39, 0.29) is 0 Å². The quantitative estimate of drug-likeness (QED) is 0.890. The third kappa shape index (κ3) is 2.22. The van der Waals surface area contributed by atoms with Crippen LogP contribution < -0.4 is 0 Å². The van der Waals surface area contributed by atoms with Crippen molar-refractivity contribution in [3.8, 4) is 0 Å². The molecular weight excluding hydrogens is 244 g/mol. The minimum Gasteiger partial charge on any atom is -0.478 e. The minimum absolute atomic E-state index is 0.347. The van der Waals surface area contributed by atoms with Crippen molar-refractivity contribution in [2.45, 2.75) is 19.6 Å². The first-order chi connectivity index (χ1) is 9.13. The second kappa shape index (κ2) is 4.47. The van der Waals surface area contributed by atoms with Gasteiger partial charge in [0.1, 0.15) is 12.2 Å². The van der Waals surface area contributed by atoms with Crippen LogP contribution >= 0.6 is 0 Å². The van der Waals surface area contributed by atoms with Crippen molar-refractivity contribution in [2.24, 2.45) is 7.05 Å². The highest BCUT2D eigenvalue weighted by Gasteiger charge is 2.21. The second-order valence-corrected chi connectivity index (χ2v) is 4.79. The van der Waals surface area contributed by atoms with E-state index in [1.807, 2.05) is 17.7 Å². The molecule has 0 fully saturated rings. The Hall–Kier alpha value is -2.21. The lowest BCUT2D eigenvalue weighted by Crippen LogP contribution is -2.18. The van der Waals surface area contributed by atoms with Gasteiger partial charge in [0.15, 0.2) is 0 Å². The van der Waals surface area contributed by atoms with Gasteiger partial charge in [-0.05, 0) is 23.3 Å². The third-order valence-electron chi connectivity index (χ3n) is 3.41. The van der Waals surface area contributed by atoms with Crippen molar-refractivity contribution in [1.29, 1.82) is 0 Å². The van der Waals surface area contributed by atoms with Gasteiger partial charge in [-0.3, -0.25) is 4.90 Å². The van der Waals surface area contributed by atoms with Crippen LogP contribution in [-0.4, -0.2) is 30.7 Å². The lowest BCUT2D eigenvalue weighted by atomic mass is 10.1. The van der Waals surface area contributed by atoms with E-state index in [9.17, 15) is 4.79 Å². The lowest BCUT2D eigenvalue weighted by molar-refractivity contribution is 0.0696. The molecule has 1 aromatic carbocycles. The highest BCUT2D eigenvalue weighted by molar-refractivity contribution is 5.87. The molecule has 0 unspecified atom stereocenters. The maximum absolute atomic E-state index is 10.9. The molecule has 19 heavy (non-hydrogen) atoms. The number of fused-ring (bicyclic) bond motifs is 1.